The molecule has 1 saturated heterocycles. The Labute approximate surface area is 96.2 Å². The van der Waals surface area contributed by atoms with Crippen LogP contribution in [0.25, 0.3) is 0 Å². The molecule has 2 rings (SSSR count). The maximum atomic E-state index is 5.72. The van der Waals surface area contributed by atoms with Crippen LogP contribution in [0.5, 0.6) is 0 Å². The van der Waals surface area contributed by atoms with Gasteiger partial charge < -0.3 is 4.74 Å². The van der Waals surface area contributed by atoms with Crippen molar-refractivity contribution in [2.24, 2.45) is 0 Å². The van der Waals surface area contributed by atoms with E-state index < -0.39 is 0 Å². The van der Waals surface area contributed by atoms with Gasteiger partial charge in [0.2, 0.25) is 0 Å². The number of hydrogen-bond donors (Lipinski definition) is 0. The van der Waals surface area contributed by atoms with Crippen LogP contribution in [0.2, 0.25) is 0 Å². The van der Waals surface area contributed by atoms with Crippen LogP contribution >= 0.6 is 0 Å². The molecular formula is C10H15NaO. The van der Waals surface area contributed by atoms with Crippen LogP contribution in [0.1, 0.15) is 26.2 Å². The minimum absolute atomic E-state index is 0. The van der Waals surface area contributed by atoms with Crippen molar-refractivity contribution >= 4 is 29.6 Å². The number of allylic oxidation sites excluding steroid dienone is 3. The molecule has 0 aromatic carbocycles. The van der Waals surface area contributed by atoms with Crippen molar-refractivity contribution in [2.75, 3.05) is 6.61 Å². The van der Waals surface area contributed by atoms with Crippen LogP contribution in [0.4, 0.5) is 0 Å². The molecule has 0 bridgehead atoms. The second-order valence-electron chi connectivity index (χ2n) is 3.51. The molecule has 62 valence electrons. The summed E-state index contributed by atoms with van der Waals surface area (Å²) < 4.78 is 5.72. The van der Waals surface area contributed by atoms with Crippen LogP contribution in [0.3, 0.4) is 0 Å². The molecule has 1 aliphatic heterocycles. The van der Waals surface area contributed by atoms with E-state index in [1.165, 1.54) is 18.4 Å². The van der Waals surface area contributed by atoms with Gasteiger partial charge in [-0.3, -0.25) is 0 Å². The predicted octanol–water partition coefficient (Wildman–Crippen LogP) is 1.79. The van der Waals surface area contributed by atoms with Crippen molar-refractivity contribution in [3.8, 4) is 0 Å². The van der Waals surface area contributed by atoms with Gasteiger partial charge in [0.1, 0.15) is 0 Å². The van der Waals surface area contributed by atoms with Gasteiger partial charge in [0.05, 0.1) is 5.60 Å². The summed E-state index contributed by atoms with van der Waals surface area (Å²) in [7, 11) is 0. The second-order valence-corrected chi connectivity index (χ2v) is 3.51. The van der Waals surface area contributed by atoms with Gasteiger partial charge >= 0.3 is 29.6 Å². The first-order chi connectivity index (χ1) is 5.31. The Balaban J connectivity index is 0.000000720. The van der Waals surface area contributed by atoms with Gasteiger partial charge in [-0.25, -0.2) is 0 Å². The fourth-order valence-corrected chi connectivity index (χ4v) is 1.87. The van der Waals surface area contributed by atoms with Gasteiger partial charge in [0, 0.05) is 6.61 Å². The first-order valence-electron chi connectivity index (χ1n) is 4.31. The zero-order chi connectivity index (χ0) is 7.73. The average molecular weight is 174 g/mol. The molecule has 1 atom stereocenters. The maximum absolute atomic E-state index is 5.72. The van der Waals surface area contributed by atoms with E-state index in [1.807, 2.05) is 0 Å². The van der Waals surface area contributed by atoms with Crippen molar-refractivity contribution in [1.29, 1.82) is 0 Å². The zero-order valence-electron chi connectivity index (χ0n) is 6.97. The molecule has 1 heterocycles. The van der Waals surface area contributed by atoms with E-state index in [4.69, 9.17) is 4.74 Å². The van der Waals surface area contributed by atoms with E-state index in [1.54, 1.807) is 0 Å². The third-order valence-electron chi connectivity index (χ3n) is 2.67. The topological polar surface area (TPSA) is 9.23 Å². The standard InChI is InChI=1S/C10H14O.Na.H/c1-10(7-4-8-11-10)9-5-2-3-6-9;;/h2-3,5H,4,6-8H2,1H3;;. The molecule has 1 fully saturated rings. The first-order valence-corrected chi connectivity index (χ1v) is 4.31. The van der Waals surface area contributed by atoms with Gasteiger partial charge in [-0.2, -0.15) is 0 Å². The summed E-state index contributed by atoms with van der Waals surface area (Å²) in [6, 6.07) is 0. The van der Waals surface area contributed by atoms with Crippen molar-refractivity contribution in [1.82, 2.24) is 0 Å². The summed E-state index contributed by atoms with van der Waals surface area (Å²) >= 11 is 0. The van der Waals surface area contributed by atoms with Crippen LogP contribution < -0.4 is 0 Å². The SMILES string of the molecule is CC1(C2=CC=CC2)CCCO1.[NaH]. The van der Waals surface area contributed by atoms with E-state index in [0.29, 0.717) is 0 Å². The van der Waals surface area contributed by atoms with Crippen molar-refractivity contribution in [3.05, 3.63) is 23.8 Å². The van der Waals surface area contributed by atoms with E-state index in [0.717, 1.165) is 13.0 Å². The summed E-state index contributed by atoms with van der Waals surface area (Å²) in [6.07, 6.45) is 10.0. The Morgan fingerprint density at radius 1 is 1.50 bits per heavy atom. The van der Waals surface area contributed by atoms with E-state index >= 15 is 0 Å². The van der Waals surface area contributed by atoms with E-state index in [-0.39, 0.29) is 35.2 Å². The van der Waals surface area contributed by atoms with Gasteiger partial charge in [-0.1, -0.05) is 18.2 Å². The molecule has 0 saturated carbocycles. The molecule has 1 unspecified atom stereocenters. The zero-order valence-corrected chi connectivity index (χ0v) is 6.97. The molecule has 1 nitrogen and oxygen atoms in total. The fraction of sp³-hybridized carbons (Fsp3) is 0.600. The molecule has 0 spiro atoms. The van der Waals surface area contributed by atoms with Crippen molar-refractivity contribution in [3.63, 3.8) is 0 Å². The molecule has 2 heteroatoms. The molecule has 0 amide bonds. The van der Waals surface area contributed by atoms with Crippen LogP contribution in [-0.4, -0.2) is 41.8 Å². The third-order valence-corrected chi connectivity index (χ3v) is 2.67. The molecule has 0 aromatic heterocycles. The summed E-state index contributed by atoms with van der Waals surface area (Å²) in [5, 5.41) is 0. The van der Waals surface area contributed by atoms with Crippen molar-refractivity contribution < 1.29 is 4.74 Å². The normalized spacial score (nSPS) is 33.2. The molecule has 0 N–H and O–H groups in total. The van der Waals surface area contributed by atoms with Gasteiger partial charge in [-0.05, 0) is 31.8 Å². The predicted molar refractivity (Wildman–Crippen MR) is 52.6 cm³/mol. The summed E-state index contributed by atoms with van der Waals surface area (Å²) in [4.78, 5) is 0. The molecule has 2 aliphatic rings. The molecule has 0 radical (unpaired) electrons. The molecular weight excluding hydrogens is 159 g/mol. The molecule has 12 heavy (non-hydrogen) atoms. The monoisotopic (exact) mass is 174 g/mol. The van der Waals surface area contributed by atoms with E-state index in [9.17, 15) is 0 Å². The Morgan fingerprint density at radius 2 is 2.33 bits per heavy atom. The summed E-state index contributed by atoms with van der Waals surface area (Å²) in [5.41, 5.74) is 1.53. The Hall–Kier alpha value is 0.440. The quantitative estimate of drug-likeness (QED) is 0.551. The van der Waals surface area contributed by atoms with Crippen molar-refractivity contribution in [2.45, 2.75) is 31.8 Å². The Bertz CT molecular complexity index is 212. The van der Waals surface area contributed by atoms with E-state index in [2.05, 4.69) is 25.2 Å². The summed E-state index contributed by atoms with van der Waals surface area (Å²) in [5.74, 6) is 0. The van der Waals surface area contributed by atoms with Gasteiger partial charge in [0.25, 0.3) is 0 Å². The number of hydrogen-bond acceptors (Lipinski definition) is 1. The summed E-state index contributed by atoms with van der Waals surface area (Å²) in [6.45, 7) is 3.15. The fourth-order valence-electron chi connectivity index (χ4n) is 1.87. The van der Waals surface area contributed by atoms with Crippen LogP contribution in [0.15, 0.2) is 23.8 Å². The third kappa shape index (κ3) is 1.85. The Morgan fingerprint density at radius 3 is 2.83 bits per heavy atom. The second kappa shape index (κ2) is 4.10. The minimum atomic E-state index is 0. The van der Waals surface area contributed by atoms with Crippen LogP contribution in [0, 0.1) is 0 Å². The molecule has 0 aromatic rings. The van der Waals surface area contributed by atoms with Crippen LogP contribution in [-0.2, 0) is 4.74 Å². The number of rotatable bonds is 1. The first kappa shape index (κ1) is 10.5. The van der Waals surface area contributed by atoms with Gasteiger partial charge in [0.15, 0.2) is 0 Å². The Kier molecular flexibility index (Phi) is 3.59. The molecule has 1 aliphatic carbocycles. The average Bonchev–Trinajstić information content (AvgIpc) is 2.55. The number of ether oxygens (including phenoxy) is 1. The van der Waals surface area contributed by atoms with Gasteiger partial charge in [-0.15, -0.1) is 0 Å².